The maximum absolute atomic E-state index is 11.5. The van der Waals surface area contributed by atoms with Crippen LogP contribution in [0.2, 0.25) is 0 Å². The van der Waals surface area contributed by atoms with Crippen LogP contribution in [0.1, 0.15) is 71.3 Å². The number of fused-ring (bicyclic) bond motifs is 6. The minimum Gasteiger partial charge on any atom is -0.462 e. The van der Waals surface area contributed by atoms with Gasteiger partial charge >= 0.3 is 5.97 Å². The first-order chi connectivity index (χ1) is 15.4. The first-order valence-electron chi connectivity index (χ1n) is 12.4. The van der Waals surface area contributed by atoms with Crippen LogP contribution in [0.5, 0.6) is 0 Å². The smallest absolute Gasteiger partial charge is 0.302 e. The van der Waals surface area contributed by atoms with E-state index in [9.17, 15) is 4.79 Å². The van der Waals surface area contributed by atoms with E-state index >= 15 is 0 Å². The molecular formula is C28H34N2O2. The van der Waals surface area contributed by atoms with Gasteiger partial charge in [-0.25, -0.2) is 4.52 Å². The summed E-state index contributed by atoms with van der Waals surface area (Å²) in [4.78, 5) is 11.5. The maximum atomic E-state index is 11.5. The minimum absolute atomic E-state index is 0.0765. The number of aromatic nitrogens is 2. The summed E-state index contributed by atoms with van der Waals surface area (Å²) in [5.74, 6) is 2.05. The van der Waals surface area contributed by atoms with Gasteiger partial charge < -0.3 is 4.74 Å². The van der Waals surface area contributed by atoms with Crippen LogP contribution in [0.15, 0.2) is 48.3 Å². The van der Waals surface area contributed by atoms with Gasteiger partial charge in [0.2, 0.25) is 0 Å². The second kappa shape index (κ2) is 7.07. The molecule has 4 aliphatic rings. The third-order valence-electron chi connectivity index (χ3n) is 9.69. The average Bonchev–Trinajstić information content (AvgIpc) is 3.34. The van der Waals surface area contributed by atoms with E-state index in [2.05, 4.69) is 49.4 Å². The predicted molar refractivity (Wildman–Crippen MR) is 126 cm³/mol. The number of allylic oxidation sites excluding steroid dienone is 3. The molecule has 0 bridgehead atoms. The fourth-order valence-corrected chi connectivity index (χ4v) is 8.09. The molecule has 32 heavy (non-hydrogen) atoms. The zero-order valence-corrected chi connectivity index (χ0v) is 19.5. The van der Waals surface area contributed by atoms with E-state index in [1.807, 2.05) is 16.8 Å². The molecule has 2 heterocycles. The molecule has 0 spiro atoms. The standard InChI is InChI=1S/C28H34N2O2/c1-18(31)32-20-11-13-27(2)19(16-20)7-8-21-23-9-10-24(28(23,3)14-12-25(21)27)22-17-29-30-15-5-4-6-26(22)30/h4-7,10,15,17,20-21,23,25H,8-9,11-14,16H2,1-3H3/t20-,21-,23-,25-,27-,28-/m0/s1. The molecule has 2 saturated carbocycles. The third kappa shape index (κ3) is 2.80. The molecule has 0 aliphatic heterocycles. The summed E-state index contributed by atoms with van der Waals surface area (Å²) in [6.45, 7) is 6.57. The van der Waals surface area contributed by atoms with Gasteiger partial charge in [0.05, 0.1) is 11.7 Å². The number of hydrogen-bond donors (Lipinski definition) is 0. The number of esters is 1. The lowest BCUT2D eigenvalue weighted by atomic mass is 9.47. The van der Waals surface area contributed by atoms with Gasteiger partial charge in [-0.1, -0.05) is 37.6 Å². The highest BCUT2D eigenvalue weighted by Crippen LogP contribution is 2.66. The van der Waals surface area contributed by atoms with Crippen LogP contribution in [0.3, 0.4) is 0 Å². The molecule has 0 radical (unpaired) electrons. The van der Waals surface area contributed by atoms with Crippen molar-refractivity contribution in [1.82, 2.24) is 9.61 Å². The van der Waals surface area contributed by atoms with E-state index in [1.165, 1.54) is 49.3 Å². The van der Waals surface area contributed by atoms with E-state index in [1.54, 1.807) is 5.57 Å². The molecule has 2 fully saturated rings. The predicted octanol–water partition coefficient (Wildman–Crippen LogP) is 6.22. The van der Waals surface area contributed by atoms with Crippen LogP contribution in [0, 0.1) is 28.6 Å². The van der Waals surface area contributed by atoms with Crippen LogP contribution >= 0.6 is 0 Å². The largest absolute Gasteiger partial charge is 0.462 e. The molecule has 4 nitrogen and oxygen atoms in total. The average molecular weight is 431 g/mol. The number of carbonyl (C=O) groups excluding carboxylic acids is 1. The maximum Gasteiger partial charge on any atom is 0.302 e. The van der Waals surface area contributed by atoms with Crippen molar-refractivity contribution in [2.45, 2.75) is 71.8 Å². The van der Waals surface area contributed by atoms with Gasteiger partial charge in [0.15, 0.2) is 0 Å². The molecule has 4 heteroatoms. The molecule has 4 aliphatic carbocycles. The van der Waals surface area contributed by atoms with Crippen molar-refractivity contribution >= 4 is 17.1 Å². The van der Waals surface area contributed by atoms with Gasteiger partial charge in [0, 0.05) is 25.1 Å². The lowest BCUT2D eigenvalue weighted by Crippen LogP contribution is -2.50. The molecule has 0 amide bonds. The van der Waals surface area contributed by atoms with Crippen molar-refractivity contribution in [3.63, 3.8) is 0 Å². The molecule has 6 rings (SSSR count). The fraction of sp³-hybridized carbons (Fsp3) is 0.571. The number of rotatable bonds is 2. The Morgan fingerprint density at radius 2 is 1.94 bits per heavy atom. The summed E-state index contributed by atoms with van der Waals surface area (Å²) < 4.78 is 7.61. The van der Waals surface area contributed by atoms with Crippen LogP contribution in [-0.2, 0) is 9.53 Å². The lowest BCUT2D eigenvalue weighted by molar-refractivity contribution is -0.148. The van der Waals surface area contributed by atoms with E-state index in [0.717, 1.165) is 31.1 Å². The lowest BCUT2D eigenvalue weighted by Gasteiger charge is -2.57. The topological polar surface area (TPSA) is 43.6 Å². The molecule has 2 aromatic rings. The van der Waals surface area contributed by atoms with Crippen LogP contribution in [-0.4, -0.2) is 21.7 Å². The second-order valence-electron chi connectivity index (χ2n) is 11.1. The van der Waals surface area contributed by atoms with Gasteiger partial charge in [-0.15, -0.1) is 0 Å². The summed E-state index contributed by atoms with van der Waals surface area (Å²) in [5, 5.41) is 4.64. The highest BCUT2D eigenvalue weighted by molar-refractivity contribution is 5.82. The van der Waals surface area contributed by atoms with Crippen molar-refractivity contribution < 1.29 is 9.53 Å². The second-order valence-corrected chi connectivity index (χ2v) is 11.1. The Bertz CT molecular complexity index is 1140. The molecular weight excluding hydrogens is 396 g/mol. The highest BCUT2D eigenvalue weighted by Gasteiger charge is 2.57. The Morgan fingerprint density at radius 1 is 1.09 bits per heavy atom. The Labute approximate surface area is 190 Å². The van der Waals surface area contributed by atoms with Gasteiger partial charge in [-0.3, -0.25) is 4.79 Å². The zero-order chi connectivity index (χ0) is 22.1. The first-order valence-corrected chi connectivity index (χ1v) is 12.4. The summed E-state index contributed by atoms with van der Waals surface area (Å²) >= 11 is 0. The van der Waals surface area contributed by atoms with Crippen LogP contribution < -0.4 is 0 Å². The Morgan fingerprint density at radius 3 is 2.78 bits per heavy atom. The van der Waals surface area contributed by atoms with Gasteiger partial charge in [0.25, 0.3) is 0 Å². The Balaban J connectivity index is 1.30. The monoisotopic (exact) mass is 430 g/mol. The number of carbonyl (C=O) groups is 1. The SMILES string of the molecule is CC(=O)O[C@H]1CC[C@@]2(C)C(=CC[C@@H]3[C@@H]2CC[C@]2(C)C(c4cnn5ccccc45)=CC[C@@H]32)C1. The van der Waals surface area contributed by atoms with E-state index in [4.69, 9.17) is 4.74 Å². The van der Waals surface area contributed by atoms with E-state index in [0.29, 0.717) is 5.92 Å². The Hall–Kier alpha value is -2.36. The molecule has 0 saturated heterocycles. The molecule has 2 aromatic heterocycles. The Kier molecular flexibility index (Phi) is 4.48. The quantitative estimate of drug-likeness (QED) is 0.419. The molecule has 6 atom stereocenters. The van der Waals surface area contributed by atoms with Crippen LogP contribution in [0.4, 0.5) is 0 Å². The third-order valence-corrected chi connectivity index (χ3v) is 9.69. The minimum atomic E-state index is -0.140. The van der Waals surface area contributed by atoms with Crippen molar-refractivity contribution in [1.29, 1.82) is 0 Å². The number of hydrogen-bond acceptors (Lipinski definition) is 3. The molecule has 0 unspecified atom stereocenters. The van der Waals surface area contributed by atoms with Crippen molar-refractivity contribution in [3.05, 3.63) is 53.9 Å². The van der Waals surface area contributed by atoms with E-state index < -0.39 is 0 Å². The number of ether oxygens (including phenoxy) is 1. The fourth-order valence-electron chi connectivity index (χ4n) is 8.09. The van der Waals surface area contributed by atoms with Gasteiger partial charge in [-0.2, -0.15) is 5.10 Å². The summed E-state index contributed by atoms with van der Waals surface area (Å²) in [5.41, 5.74) is 6.15. The van der Waals surface area contributed by atoms with Crippen LogP contribution in [0.25, 0.3) is 11.1 Å². The van der Waals surface area contributed by atoms with Gasteiger partial charge in [0.1, 0.15) is 6.10 Å². The zero-order valence-electron chi connectivity index (χ0n) is 19.5. The van der Waals surface area contributed by atoms with Crippen molar-refractivity contribution in [2.24, 2.45) is 28.6 Å². The number of nitrogens with zero attached hydrogens (tertiary/aromatic N) is 2. The first kappa shape index (κ1) is 20.3. The molecule has 168 valence electrons. The number of pyridine rings is 1. The molecule has 0 aromatic carbocycles. The van der Waals surface area contributed by atoms with Crippen molar-refractivity contribution in [2.75, 3.05) is 0 Å². The highest BCUT2D eigenvalue weighted by atomic mass is 16.5. The summed E-state index contributed by atoms with van der Waals surface area (Å²) in [7, 11) is 0. The normalized spacial score (nSPS) is 38.3. The molecule has 0 N–H and O–H groups in total. The summed E-state index contributed by atoms with van der Waals surface area (Å²) in [6.07, 6.45) is 17.3. The van der Waals surface area contributed by atoms with Crippen molar-refractivity contribution in [3.8, 4) is 0 Å². The van der Waals surface area contributed by atoms with E-state index in [-0.39, 0.29) is 22.9 Å². The summed E-state index contributed by atoms with van der Waals surface area (Å²) in [6, 6.07) is 6.36. The van der Waals surface area contributed by atoms with Gasteiger partial charge in [-0.05, 0) is 84.8 Å².